The maximum Gasteiger partial charge on any atom is 0.244 e. The smallest absolute Gasteiger partial charge is 0.244 e. The van der Waals surface area contributed by atoms with Gasteiger partial charge >= 0.3 is 0 Å². The molecule has 2 rings (SSSR count). The lowest BCUT2D eigenvalue weighted by Gasteiger charge is -2.36. The number of aryl methyl sites for hydroxylation is 1. The molecule has 2 heterocycles. The Bertz CT molecular complexity index is 431. The Labute approximate surface area is 106 Å². The Morgan fingerprint density at radius 3 is 2.67 bits per heavy atom. The van der Waals surface area contributed by atoms with Gasteiger partial charge in [0.15, 0.2) is 0 Å². The molecule has 0 saturated carbocycles. The van der Waals surface area contributed by atoms with E-state index in [-0.39, 0.29) is 5.91 Å². The lowest BCUT2D eigenvalue weighted by Crippen LogP contribution is -2.47. The van der Waals surface area contributed by atoms with Crippen LogP contribution in [-0.4, -0.2) is 44.4 Å². The van der Waals surface area contributed by atoms with Crippen molar-refractivity contribution < 1.29 is 9.90 Å². The van der Waals surface area contributed by atoms with Gasteiger partial charge in [-0.25, -0.2) is 0 Å². The number of carbonyl (C=O) groups excluding carboxylic acids is 1. The Morgan fingerprint density at radius 1 is 1.56 bits per heavy atom. The van der Waals surface area contributed by atoms with Crippen molar-refractivity contribution in [1.82, 2.24) is 14.7 Å². The van der Waals surface area contributed by atoms with Crippen molar-refractivity contribution in [3.05, 3.63) is 18.0 Å². The van der Waals surface area contributed by atoms with Gasteiger partial charge in [-0.3, -0.25) is 9.48 Å². The van der Waals surface area contributed by atoms with Gasteiger partial charge in [0.05, 0.1) is 11.8 Å². The van der Waals surface area contributed by atoms with Gasteiger partial charge in [-0.2, -0.15) is 5.10 Å². The zero-order chi connectivity index (χ0) is 13.3. The highest BCUT2D eigenvalue weighted by Crippen LogP contribution is 2.23. The summed E-state index contributed by atoms with van der Waals surface area (Å²) in [5, 5.41) is 13.9. The molecular formula is C12H20N4O2. The number of hydrogen-bond donors (Lipinski definition) is 2. The molecule has 1 aliphatic rings. The summed E-state index contributed by atoms with van der Waals surface area (Å²) in [4.78, 5) is 13.9. The van der Waals surface area contributed by atoms with Gasteiger partial charge in [0.2, 0.25) is 5.91 Å². The van der Waals surface area contributed by atoms with E-state index in [2.05, 4.69) is 5.10 Å². The number of aromatic nitrogens is 2. The molecule has 18 heavy (non-hydrogen) atoms. The van der Waals surface area contributed by atoms with Gasteiger partial charge in [-0.15, -0.1) is 0 Å². The fourth-order valence-corrected chi connectivity index (χ4v) is 2.15. The first-order valence-corrected chi connectivity index (χ1v) is 6.14. The van der Waals surface area contributed by atoms with Crippen molar-refractivity contribution in [3.8, 4) is 0 Å². The van der Waals surface area contributed by atoms with E-state index >= 15 is 0 Å². The van der Waals surface area contributed by atoms with E-state index in [0.717, 1.165) is 5.56 Å². The van der Waals surface area contributed by atoms with E-state index in [1.165, 1.54) is 0 Å². The van der Waals surface area contributed by atoms with Crippen LogP contribution < -0.4 is 5.73 Å². The summed E-state index contributed by atoms with van der Waals surface area (Å²) in [5.41, 5.74) is 6.01. The van der Waals surface area contributed by atoms with Crippen LogP contribution in [0.2, 0.25) is 0 Å². The number of hydrogen-bond acceptors (Lipinski definition) is 4. The fraction of sp³-hybridized carbons (Fsp3) is 0.667. The summed E-state index contributed by atoms with van der Waals surface area (Å²) in [6.45, 7) is 2.91. The SMILES string of the molecule is Cn1cc(C(N)C(=O)N2CCC(C)(O)CC2)cn1. The molecule has 1 aliphatic heterocycles. The molecule has 0 bridgehead atoms. The first-order valence-electron chi connectivity index (χ1n) is 6.14. The zero-order valence-corrected chi connectivity index (χ0v) is 10.8. The van der Waals surface area contributed by atoms with Crippen molar-refractivity contribution >= 4 is 5.91 Å². The van der Waals surface area contributed by atoms with Gasteiger partial charge in [0, 0.05) is 31.9 Å². The second-order valence-electron chi connectivity index (χ2n) is 5.25. The van der Waals surface area contributed by atoms with Gasteiger partial charge in [0.1, 0.15) is 6.04 Å². The van der Waals surface area contributed by atoms with Crippen LogP contribution in [0.3, 0.4) is 0 Å². The third-order valence-corrected chi connectivity index (χ3v) is 3.50. The Kier molecular flexibility index (Phi) is 3.41. The Balaban J connectivity index is 2.00. The second-order valence-corrected chi connectivity index (χ2v) is 5.25. The summed E-state index contributed by atoms with van der Waals surface area (Å²) < 4.78 is 1.63. The number of rotatable bonds is 2. The molecule has 3 N–H and O–H groups in total. The molecule has 1 unspecified atom stereocenters. The molecule has 1 saturated heterocycles. The highest BCUT2D eigenvalue weighted by molar-refractivity contribution is 5.83. The van der Waals surface area contributed by atoms with Crippen LogP contribution in [0.1, 0.15) is 31.4 Å². The summed E-state index contributed by atoms with van der Waals surface area (Å²) >= 11 is 0. The number of likely N-dealkylation sites (tertiary alicyclic amines) is 1. The molecule has 6 heteroatoms. The van der Waals surface area contributed by atoms with E-state index in [1.807, 2.05) is 0 Å². The van der Waals surface area contributed by atoms with Gasteiger partial charge < -0.3 is 15.7 Å². The minimum atomic E-state index is -0.665. The predicted octanol–water partition coefficient (Wildman–Crippen LogP) is -0.207. The summed E-state index contributed by atoms with van der Waals surface area (Å²) in [6, 6.07) is -0.665. The molecular weight excluding hydrogens is 232 g/mol. The lowest BCUT2D eigenvalue weighted by molar-refractivity contribution is -0.136. The summed E-state index contributed by atoms with van der Waals surface area (Å²) in [5.74, 6) is -0.0986. The van der Waals surface area contributed by atoms with Gasteiger partial charge in [-0.1, -0.05) is 0 Å². The number of nitrogens with zero attached hydrogens (tertiary/aromatic N) is 3. The van der Waals surface area contributed by atoms with Crippen LogP contribution in [0.4, 0.5) is 0 Å². The van der Waals surface area contributed by atoms with Crippen molar-refractivity contribution in [2.75, 3.05) is 13.1 Å². The zero-order valence-electron chi connectivity index (χ0n) is 10.8. The first kappa shape index (κ1) is 13.0. The topological polar surface area (TPSA) is 84.4 Å². The highest BCUT2D eigenvalue weighted by Gasteiger charge is 2.32. The summed E-state index contributed by atoms with van der Waals surface area (Å²) in [7, 11) is 1.79. The van der Waals surface area contributed by atoms with Crippen molar-refractivity contribution in [1.29, 1.82) is 0 Å². The maximum absolute atomic E-state index is 12.2. The highest BCUT2D eigenvalue weighted by atomic mass is 16.3. The Hall–Kier alpha value is -1.40. The molecule has 1 aromatic heterocycles. The normalized spacial score (nSPS) is 20.8. The number of aliphatic hydroxyl groups is 1. The van der Waals surface area contributed by atoms with Crippen molar-refractivity contribution in [3.63, 3.8) is 0 Å². The van der Waals surface area contributed by atoms with Crippen LogP contribution in [0.15, 0.2) is 12.4 Å². The molecule has 1 aromatic rings. The van der Waals surface area contributed by atoms with Crippen LogP contribution in [0.5, 0.6) is 0 Å². The predicted molar refractivity (Wildman–Crippen MR) is 66.6 cm³/mol. The third-order valence-electron chi connectivity index (χ3n) is 3.50. The average molecular weight is 252 g/mol. The van der Waals surface area contributed by atoms with E-state index in [0.29, 0.717) is 25.9 Å². The van der Waals surface area contributed by atoms with Crippen LogP contribution in [-0.2, 0) is 11.8 Å². The maximum atomic E-state index is 12.2. The summed E-state index contributed by atoms with van der Waals surface area (Å²) in [6.07, 6.45) is 4.56. The van der Waals surface area contributed by atoms with Gasteiger partial charge in [-0.05, 0) is 19.8 Å². The molecule has 0 spiro atoms. The third kappa shape index (κ3) is 2.70. The van der Waals surface area contributed by atoms with E-state index in [9.17, 15) is 9.90 Å². The van der Waals surface area contributed by atoms with Crippen LogP contribution >= 0.6 is 0 Å². The molecule has 1 fully saturated rings. The quantitative estimate of drug-likeness (QED) is 0.763. The number of piperidine rings is 1. The number of amides is 1. The van der Waals surface area contributed by atoms with Crippen molar-refractivity contribution in [2.24, 2.45) is 12.8 Å². The molecule has 0 aromatic carbocycles. The largest absolute Gasteiger partial charge is 0.390 e. The number of nitrogens with two attached hydrogens (primary N) is 1. The average Bonchev–Trinajstić information content (AvgIpc) is 2.74. The molecule has 0 radical (unpaired) electrons. The van der Waals surface area contributed by atoms with Gasteiger partial charge in [0.25, 0.3) is 0 Å². The molecule has 0 aliphatic carbocycles. The van der Waals surface area contributed by atoms with Crippen molar-refractivity contribution in [2.45, 2.75) is 31.4 Å². The van der Waals surface area contributed by atoms with Crippen LogP contribution in [0.25, 0.3) is 0 Å². The minimum absolute atomic E-state index is 0.0986. The fourth-order valence-electron chi connectivity index (χ4n) is 2.15. The Morgan fingerprint density at radius 2 is 2.17 bits per heavy atom. The molecule has 1 amide bonds. The lowest BCUT2D eigenvalue weighted by atomic mass is 9.93. The minimum Gasteiger partial charge on any atom is -0.390 e. The molecule has 6 nitrogen and oxygen atoms in total. The van der Waals surface area contributed by atoms with Crippen LogP contribution in [0, 0.1) is 0 Å². The van der Waals surface area contributed by atoms with E-state index in [4.69, 9.17) is 5.73 Å². The van der Waals surface area contributed by atoms with E-state index < -0.39 is 11.6 Å². The molecule has 1 atom stereocenters. The number of carbonyl (C=O) groups is 1. The standard InChI is InChI=1S/C12H20N4O2/c1-12(18)3-5-16(6-4-12)11(17)10(13)9-7-14-15(2)8-9/h7-8,10,18H,3-6,13H2,1-2H3. The monoisotopic (exact) mass is 252 g/mol. The molecule has 100 valence electrons. The second kappa shape index (κ2) is 4.70. The first-order chi connectivity index (χ1) is 8.39. The van der Waals surface area contributed by atoms with E-state index in [1.54, 1.807) is 35.9 Å².